The van der Waals surface area contributed by atoms with Gasteiger partial charge in [0.05, 0.1) is 17.9 Å². The number of aromatic hydroxyl groups is 1. The van der Waals surface area contributed by atoms with Crippen molar-refractivity contribution in [1.29, 1.82) is 0 Å². The number of aromatic nitrogens is 6. The fraction of sp³-hybridized carbons (Fsp3) is 0.111. The minimum absolute atomic E-state index is 0.0273. The number of nitrogens with one attached hydrogen (secondary N) is 1. The summed E-state index contributed by atoms with van der Waals surface area (Å²) in [5.41, 5.74) is 3.27. The lowest BCUT2D eigenvalue weighted by Gasteiger charge is -2.00. The highest BCUT2D eigenvalue weighted by Crippen LogP contribution is 2.39. The third-order valence-electron chi connectivity index (χ3n) is 4.45. The van der Waals surface area contributed by atoms with Gasteiger partial charge in [0, 0.05) is 43.0 Å². The number of aryl methyl sites for hydroxylation is 2. The Hall–Kier alpha value is -3.88. The Balaban J connectivity index is 1.85. The number of aromatic amines is 1. The van der Waals surface area contributed by atoms with Crippen LogP contribution in [0.4, 0.5) is 0 Å². The van der Waals surface area contributed by atoms with Crippen molar-refractivity contribution >= 4 is 22.1 Å². The highest BCUT2D eigenvalue weighted by molar-refractivity contribution is 6.09. The first-order valence-electron chi connectivity index (χ1n) is 8.17. The molecule has 0 spiro atoms. The quantitative estimate of drug-likeness (QED) is 0.497. The zero-order chi connectivity index (χ0) is 18.7. The van der Waals surface area contributed by atoms with E-state index in [1.807, 2.05) is 19.3 Å². The van der Waals surface area contributed by atoms with Crippen LogP contribution in [0.15, 0.2) is 46.1 Å². The summed E-state index contributed by atoms with van der Waals surface area (Å²) >= 11 is 0. The zero-order valence-electron chi connectivity index (χ0n) is 14.5. The summed E-state index contributed by atoms with van der Waals surface area (Å²) in [6.45, 7) is 0. The van der Waals surface area contributed by atoms with Crippen molar-refractivity contribution in [3.05, 3.63) is 47.4 Å². The molecule has 0 amide bonds. The number of H-pyrrole nitrogens is 1. The smallest absolute Gasteiger partial charge is 0.346 e. The van der Waals surface area contributed by atoms with E-state index in [4.69, 9.17) is 4.42 Å². The Bertz CT molecular complexity index is 1390. The van der Waals surface area contributed by atoms with E-state index >= 15 is 0 Å². The molecule has 134 valence electrons. The first-order valence-corrected chi connectivity index (χ1v) is 8.17. The number of furan rings is 1. The first kappa shape index (κ1) is 15.4. The van der Waals surface area contributed by atoms with Crippen LogP contribution in [0.5, 0.6) is 5.75 Å². The van der Waals surface area contributed by atoms with Crippen LogP contribution in [0.3, 0.4) is 0 Å². The molecule has 0 unspecified atom stereocenters. The molecule has 9 nitrogen and oxygen atoms in total. The van der Waals surface area contributed by atoms with E-state index in [1.54, 1.807) is 41.1 Å². The molecule has 2 N–H and O–H groups in total. The second-order valence-electron chi connectivity index (χ2n) is 6.37. The molecule has 4 aromatic heterocycles. The highest BCUT2D eigenvalue weighted by atomic mass is 16.4. The van der Waals surface area contributed by atoms with Gasteiger partial charge >= 0.3 is 5.69 Å². The Morgan fingerprint density at radius 3 is 2.37 bits per heavy atom. The maximum absolute atomic E-state index is 12.2. The van der Waals surface area contributed by atoms with Gasteiger partial charge in [-0.2, -0.15) is 15.2 Å². The Labute approximate surface area is 151 Å². The minimum atomic E-state index is -0.504. The van der Waals surface area contributed by atoms with E-state index in [0.29, 0.717) is 27.7 Å². The van der Waals surface area contributed by atoms with Crippen LogP contribution in [0.25, 0.3) is 44.5 Å². The Morgan fingerprint density at radius 2 is 1.70 bits per heavy atom. The normalized spacial score (nSPS) is 11.6. The van der Waals surface area contributed by atoms with Gasteiger partial charge in [0.1, 0.15) is 5.69 Å². The molecule has 0 aliphatic heterocycles. The Kier molecular flexibility index (Phi) is 3.02. The molecule has 4 heterocycles. The summed E-state index contributed by atoms with van der Waals surface area (Å²) in [4.78, 5) is 18.9. The van der Waals surface area contributed by atoms with E-state index in [0.717, 1.165) is 11.1 Å². The largest absolute Gasteiger partial charge is 0.504 e. The number of phenolic OH excluding ortho intramolecular Hbond substituents is 1. The molecule has 27 heavy (non-hydrogen) atoms. The van der Waals surface area contributed by atoms with E-state index in [-0.39, 0.29) is 11.3 Å². The molecule has 0 radical (unpaired) electrons. The molecule has 0 aliphatic carbocycles. The third kappa shape index (κ3) is 2.32. The molecular formula is C18H14N6O3. The SMILES string of the molecule is Cn1cc(-c2cc(O)c3oc4c(-c5cnn(C)c5)nc(=O)[nH]c4c3c2)cn1. The lowest BCUT2D eigenvalue weighted by molar-refractivity contribution is 0.469. The molecule has 0 bridgehead atoms. The van der Waals surface area contributed by atoms with Gasteiger partial charge in [-0.15, -0.1) is 0 Å². The van der Waals surface area contributed by atoms with Crippen molar-refractivity contribution in [2.75, 3.05) is 0 Å². The van der Waals surface area contributed by atoms with Gasteiger partial charge in [-0.05, 0) is 17.7 Å². The third-order valence-corrected chi connectivity index (χ3v) is 4.45. The Morgan fingerprint density at radius 1 is 1.00 bits per heavy atom. The standard InChI is InChI=1S/C18H14N6O3/c1-23-7-10(5-19-23)9-3-12-15-17(27-16(12)13(25)4-9)14(21-18(26)22-15)11-6-20-24(2)8-11/h3-8,25H,1-2H3,(H,21,22,26). The number of hydrogen-bond acceptors (Lipinski definition) is 6. The summed E-state index contributed by atoms with van der Waals surface area (Å²) in [5.74, 6) is -0.0273. The van der Waals surface area contributed by atoms with Gasteiger partial charge in [0.15, 0.2) is 16.9 Å². The van der Waals surface area contributed by atoms with Crippen molar-refractivity contribution in [2.45, 2.75) is 0 Å². The summed E-state index contributed by atoms with van der Waals surface area (Å²) < 4.78 is 9.18. The first-order chi connectivity index (χ1) is 13.0. The molecule has 0 saturated heterocycles. The van der Waals surface area contributed by atoms with E-state index in [2.05, 4.69) is 20.2 Å². The zero-order valence-corrected chi connectivity index (χ0v) is 14.5. The van der Waals surface area contributed by atoms with E-state index < -0.39 is 5.69 Å². The number of phenols is 1. The van der Waals surface area contributed by atoms with Gasteiger partial charge in [-0.3, -0.25) is 9.36 Å². The van der Waals surface area contributed by atoms with Gasteiger partial charge in [-0.25, -0.2) is 4.79 Å². The number of nitrogens with zero attached hydrogens (tertiary/aromatic N) is 5. The van der Waals surface area contributed by atoms with Crippen molar-refractivity contribution < 1.29 is 9.52 Å². The predicted octanol–water partition coefficient (Wildman–Crippen LogP) is 2.18. The van der Waals surface area contributed by atoms with Crippen molar-refractivity contribution in [3.63, 3.8) is 0 Å². The summed E-state index contributed by atoms with van der Waals surface area (Å²) in [6.07, 6.45) is 6.90. The van der Waals surface area contributed by atoms with Crippen molar-refractivity contribution in [2.24, 2.45) is 14.1 Å². The molecule has 9 heteroatoms. The molecule has 0 aliphatic rings. The van der Waals surface area contributed by atoms with Crippen LogP contribution >= 0.6 is 0 Å². The fourth-order valence-electron chi connectivity index (χ4n) is 3.24. The molecule has 1 aromatic carbocycles. The summed E-state index contributed by atoms with van der Waals surface area (Å²) in [7, 11) is 3.59. The van der Waals surface area contributed by atoms with E-state index in [9.17, 15) is 9.90 Å². The lowest BCUT2D eigenvalue weighted by atomic mass is 10.1. The average molecular weight is 362 g/mol. The van der Waals surface area contributed by atoms with Crippen LogP contribution in [0.1, 0.15) is 0 Å². The number of rotatable bonds is 2. The fourth-order valence-corrected chi connectivity index (χ4v) is 3.24. The molecule has 0 saturated carbocycles. The number of benzene rings is 1. The van der Waals surface area contributed by atoms with Crippen LogP contribution < -0.4 is 5.69 Å². The van der Waals surface area contributed by atoms with Gasteiger partial charge in [0.25, 0.3) is 0 Å². The number of hydrogen-bond donors (Lipinski definition) is 2. The molecule has 5 aromatic rings. The van der Waals surface area contributed by atoms with Gasteiger partial charge in [0.2, 0.25) is 0 Å². The van der Waals surface area contributed by atoms with Gasteiger partial charge in [-0.1, -0.05) is 0 Å². The maximum Gasteiger partial charge on any atom is 0.346 e. The maximum atomic E-state index is 12.2. The molecule has 0 fully saturated rings. The topological polar surface area (TPSA) is 115 Å². The minimum Gasteiger partial charge on any atom is -0.504 e. The van der Waals surface area contributed by atoms with Crippen LogP contribution in [-0.4, -0.2) is 34.6 Å². The molecule has 5 rings (SSSR count). The average Bonchev–Trinajstić information content (AvgIpc) is 3.33. The summed E-state index contributed by atoms with van der Waals surface area (Å²) in [6, 6.07) is 3.46. The van der Waals surface area contributed by atoms with Crippen molar-refractivity contribution in [1.82, 2.24) is 29.5 Å². The van der Waals surface area contributed by atoms with Crippen LogP contribution in [0.2, 0.25) is 0 Å². The van der Waals surface area contributed by atoms with E-state index in [1.165, 1.54) is 0 Å². The lowest BCUT2D eigenvalue weighted by Crippen LogP contribution is -2.10. The second kappa shape index (κ2) is 5.31. The van der Waals surface area contributed by atoms with Crippen LogP contribution in [-0.2, 0) is 14.1 Å². The monoisotopic (exact) mass is 362 g/mol. The highest BCUT2D eigenvalue weighted by Gasteiger charge is 2.19. The second-order valence-corrected chi connectivity index (χ2v) is 6.37. The van der Waals surface area contributed by atoms with Gasteiger partial charge < -0.3 is 14.5 Å². The molecule has 0 atom stereocenters. The van der Waals surface area contributed by atoms with Crippen LogP contribution in [0, 0.1) is 0 Å². The number of fused-ring (bicyclic) bond motifs is 3. The molecular weight excluding hydrogens is 348 g/mol. The van der Waals surface area contributed by atoms with Crippen molar-refractivity contribution in [3.8, 4) is 28.1 Å². The predicted molar refractivity (Wildman–Crippen MR) is 98.2 cm³/mol. The summed E-state index contributed by atoms with van der Waals surface area (Å²) in [5, 5.41) is 19.4.